The Morgan fingerprint density at radius 2 is 1.95 bits per heavy atom. The van der Waals surface area contributed by atoms with Crippen LogP contribution in [0, 0.1) is 0 Å². The average molecular weight is 291 g/mol. The minimum atomic E-state index is -0.323. The molecule has 4 nitrogen and oxygen atoms in total. The van der Waals surface area contributed by atoms with Gasteiger partial charge in [-0.1, -0.05) is 35.9 Å². The zero-order valence-corrected chi connectivity index (χ0v) is 11.8. The van der Waals surface area contributed by atoms with Crippen molar-refractivity contribution in [1.29, 1.82) is 0 Å². The molecule has 0 saturated carbocycles. The van der Waals surface area contributed by atoms with Crippen LogP contribution in [-0.4, -0.2) is 13.1 Å². The first kappa shape index (κ1) is 14.4. The van der Waals surface area contributed by atoms with Crippen LogP contribution in [0.25, 0.3) is 0 Å². The molecule has 2 rings (SSSR count). The molecule has 0 unspecified atom stereocenters. The summed E-state index contributed by atoms with van der Waals surface area (Å²) >= 11 is 5.87. The second kappa shape index (κ2) is 6.93. The molecular weight excluding hydrogens is 276 g/mol. The van der Waals surface area contributed by atoms with Gasteiger partial charge in [0.25, 0.3) is 0 Å². The van der Waals surface area contributed by atoms with Gasteiger partial charge >= 0.3 is 6.03 Å². The number of nitrogens with one attached hydrogen (secondary N) is 2. The number of hydrogen-bond donors (Lipinski definition) is 2. The lowest BCUT2D eigenvalue weighted by Crippen LogP contribution is -2.20. The predicted octanol–water partition coefficient (Wildman–Crippen LogP) is 4.13. The predicted molar refractivity (Wildman–Crippen MR) is 81.2 cm³/mol. The zero-order chi connectivity index (χ0) is 14.4. The molecule has 2 aromatic carbocycles. The molecular formula is C15H15ClN2O2. The van der Waals surface area contributed by atoms with Gasteiger partial charge in [-0.05, 0) is 24.3 Å². The van der Waals surface area contributed by atoms with Gasteiger partial charge in [0.05, 0.1) is 6.61 Å². The molecule has 20 heavy (non-hydrogen) atoms. The summed E-state index contributed by atoms with van der Waals surface area (Å²) in [5.41, 5.74) is 2.27. The largest absolute Gasteiger partial charge is 0.380 e. The van der Waals surface area contributed by atoms with Crippen molar-refractivity contribution < 1.29 is 9.53 Å². The van der Waals surface area contributed by atoms with E-state index in [9.17, 15) is 4.79 Å². The maximum Gasteiger partial charge on any atom is 0.323 e. The molecule has 2 amide bonds. The summed E-state index contributed by atoms with van der Waals surface area (Å²) in [5.74, 6) is 0. The van der Waals surface area contributed by atoms with Gasteiger partial charge in [0.15, 0.2) is 0 Å². The molecule has 0 radical (unpaired) electrons. The van der Waals surface area contributed by atoms with Crippen LogP contribution in [0.3, 0.4) is 0 Å². The van der Waals surface area contributed by atoms with Crippen LogP contribution in [-0.2, 0) is 11.3 Å². The fraction of sp³-hybridized carbons (Fsp3) is 0.133. The molecule has 0 heterocycles. The molecule has 0 spiro atoms. The van der Waals surface area contributed by atoms with Crippen LogP contribution in [0.4, 0.5) is 16.2 Å². The molecule has 0 saturated heterocycles. The smallest absolute Gasteiger partial charge is 0.323 e. The topological polar surface area (TPSA) is 50.4 Å². The molecule has 0 bridgehead atoms. The van der Waals surface area contributed by atoms with Gasteiger partial charge in [0, 0.05) is 29.1 Å². The lowest BCUT2D eigenvalue weighted by atomic mass is 10.2. The molecule has 0 aromatic heterocycles. The molecule has 0 aliphatic carbocycles. The number of benzene rings is 2. The number of carbonyl (C=O) groups is 1. The summed E-state index contributed by atoms with van der Waals surface area (Å²) in [6, 6.07) is 14.1. The lowest BCUT2D eigenvalue weighted by molar-refractivity contribution is 0.185. The van der Waals surface area contributed by atoms with Crippen molar-refractivity contribution in [3.63, 3.8) is 0 Å². The Labute approximate surface area is 122 Å². The quantitative estimate of drug-likeness (QED) is 0.889. The Morgan fingerprint density at radius 3 is 2.70 bits per heavy atom. The van der Waals surface area contributed by atoms with E-state index >= 15 is 0 Å². The maximum atomic E-state index is 11.9. The fourth-order valence-electron chi connectivity index (χ4n) is 1.77. The molecule has 0 fully saturated rings. The Morgan fingerprint density at radius 1 is 1.15 bits per heavy atom. The third kappa shape index (κ3) is 3.98. The van der Waals surface area contributed by atoms with Crippen LogP contribution in [0.5, 0.6) is 0 Å². The first-order valence-electron chi connectivity index (χ1n) is 6.09. The first-order valence-corrected chi connectivity index (χ1v) is 6.47. The summed E-state index contributed by atoms with van der Waals surface area (Å²) in [4.78, 5) is 11.9. The monoisotopic (exact) mass is 290 g/mol. The van der Waals surface area contributed by atoms with Gasteiger partial charge in [-0.15, -0.1) is 0 Å². The van der Waals surface area contributed by atoms with E-state index in [1.807, 2.05) is 24.3 Å². The van der Waals surface area contributed by atoms with E-state index in [0.717, 1.165) is 5.56 Å². The summed E-state index contributed by atoms with van der Waals surface area (Å²) in [7, 11) is 1.61. The molecule has 0 aliphatic heterocycles. The van der Waals surface area contributed by atoms with E-state index in [2.05, 4.69) is 10.6 Å². The van der Waals surface area contributed by atoms with Gasteiger partial charge in [-0.2, -0.15) is 0 Å². The minimum absolute atomic E-state index is 0.323. The van der Waals surface area contributed by atoms with Gasteiger partial charge in [-0.25, -0.2) is 4.79 Å². The van der Waals surface area contributed by atoms with Crippen molar-refractivity contribution in [2.24, 2.45) is 0 Å². The molecule has 5 heteroatoms. The number of urea groups is 1. The van der Waals surface area contributed by atoms with Gasteiger partial charge in [0.1, 0.15) is 0 Å². The molecule has 2 aromatic rings. The second-order valence-electron chi connectivity index (χ2n) is 4.18. The fourth-order valence-corrected chi connectivity index (χ4v) is 1.96. The van der Waals surface area contributed by atoms with Crippen molar-refractivity contribution in [3.8, 4) is 0 Å². The lowest BCUT2D eigenvalue weighted by Gasteiger charge is -2.11. The highest BCUT2D eigenvalue weighted by molar-refractivity contribution is 6.30. The number of carbonyl (C=O) groups excluding carboxylic acids is 1. The number of ether oxygens (including phenoxy) is 1. The summed E-state index contributed by atoms with van der Waals surface area (Å²) < 4.78 is 5.09. The van der Waals surface area contributed by atoms with Crippen molar-refractivity contribution in [3.05, 3.63) is 59.1 Å². The Hall–Kier alpha value is -2.04. The molecule has 0 aliphatic rings. The number of halogens is 1. The standard InChI is InChI=1S/C15H15ClN2O2/c1-20-10-11-5-2-3-8-14(11)18-15(19)17-13-7-4-6-12(16)9-13/h2-9H,10H2,1H3,(H2,17,18,19). The van der Waals surface area contributed by atoms with E-state index in [4.69, 9.17) is 16.3 Å². The number of methoxy groups -OCH3 is 1. The Bertz CT molecular complexity index is 602. The maximum absolute atomic E-state index is 11.9. The highest BCUT2D eigenvalue weighted by atomic mass is 35.5. The number of hydrogen-bond acceptors (Lipinski definition) is 2. The first-order chi connectivity index (χ1) is 9.69. The second-order valence-corrected chi connectivity index (χ2v) is 4.62. The normalized spacial score (nSPS) is 10.1. The SMILES string of the molecule is COCc1ccccc1NC(=O)Nc1cccc(Cl)c1. The summed E-state index contributed by atoms with van der Waals surface area (Å²) in [5, 5.41) is 6.09. The highest BCUT2D eigenvalue weighted by Crippen LogP contribution is 2.18. The van der Waals surface area contributed by atoms with Crippen molar-refractivity contribution in [2.45, 2.75) is 6.61 Å². The number of anilines is 2. The van der Waals surface area contributed by atoms with Crippen LogP contribution < -0.4 is 10.6 Å². The number of amides is 2. The average Bonchev–Trinajstić information content (AvgIpc) is 2.41. The van der Waals surface area contributed by atoms with Gasteiger partial charge in [0.2, 0.25) is 0 Å². The third-order valence-electron chi connectivity index (χ3n) is 2.65. The highest BCUT2D eigenvalue weighted by Gasteiger charge is 2.06. The van der Waals surface area contributed by atoms with Crippen LogP contribution >= 0.6 is 11.6 Å². The molecule has 0 atom stereocenters. The van der Waals surface area contributed by atoms with E-state index in [-0.39, 0.29) is 6.03 Å². The zero-order valence-electron chi connectivity index (χ0n) is 11.0. The van der Waals surface area contributed by atoms with Crippen LogP contribution in [0.1, 0.15) is 5.56 Å². The van der Waals surface area contributed by atoms with E-state index in [1.165, 1.54) is 0 Å². The summed E-state index contributed by atoms with van der Waals surface area (Å²) in [6.07, 6.45) is 0. The van der Waals surface area contributed by atoms with Crippen LogP contribution in [0.15, 0.2) is 48.5 Å². The van der Waals surface area contributed by atoms with E-state index < -0.39 is 0 Å². The minimum Gasteiger partial charge on any atom is -0.380 e. The Balaban J connectivity index is 2.05. The Kier molecular flexibility index (Phi) is 4.98. The number of rotatable bonds is 4. The van der Waals surface area contributed by atoms with E-state index in [0.29, 0.717) is 23.0 Å². The van der Waals surface area contributed by atoms with E-state index in [1.54, 1.807) is 31.4 Å². The van der Waals surface area contributed by atoms with Gasteiger partial charge < -0.3 is 15.4 Å². The van der Waals surface area contributed by atoms with Crippen molar-refractivity contribution >= 4 is 29.0 Å². The molecule has 2 N–H and O–H groups in total. The third-order valence-corrected chi connectivity index (χ3v) is 2.88. The van der Waals surface area contributed by atoms with Crippen molar-refractivity contribution in [1.82, 2.24) is 0 Å². The van der Waals surface area contributed by atoms with Gasteiger partial charge in [-0.3, -0.25) is 0 Å². The number of para-hydroxylation sites is 1. The van der Waals surface area contributed by atoms with Crippen molar-refractivity contribution in [2.75, 3.05) is 17.7 Å². The molecule has 104 valence electrons. The summed E-state index contributed by atoms with van der Waals surface area (Å²) in [6.45, 7) is 0.438. The van der Waals surface area contributed by atoms with Crippen LogP contribution in [0.2, 0.25) is 5.02 Å².